The van der Waals surface area contributed by atoms with E-state index in [1.54, 1.807) is 19.4 Å². The Kier molecular flexibility index (Phi) is 4.20. The molecule has 116 valence electrons. The van der Waals surface area contributed by atoms with E-state index in [1.165, 1.54) is 23.5 Å². The Bertz CT molecular complexity index is 861. The maximum atomic E-state index is 9.53. The van der Waals surface area contributed by atoms with Crippen LogP contribution >= 0.6 is 11.3 Å². The zero-order chi connectivity index (χ0) is 16.2. The molecule has 0 saturated heterocycles. The van der Waals surface area contributed by atoms with Gasteiger partial charge in [0.2, 0.25) is 5.13 Å². The molecule has 1 heterocycles. The van der Waals surface area contributed by atoms with E-state index in [4.69, 9.17) is 4.74 Å². The lowest BCUT2D eigenvalue weighted by Gasteiger charge is -1.99. The van der Waals surface area contributed by atoms with Gasteiger partial charge in [-0.05, 0) is 35.9 Å². The number of nitrogens with zero attached hydrogens (tertiary/aromatic N) is 3. The highest BCUT2D eigenvalue weighted by molar-refractivity contribution is 7.18. The van der Waals surface area contributed by atoms with E-state index < -0.39 is 0 Å². The minimum atomic E-state index is -0.195. The van der Waals surface area contributed by atoms with Crippen LogP contribution in [0.2, 0.25) is 0 Å². The first-order chi connectivity index (χ1) is 11.2. The molecule has 0 aliphatic heterocycles. The third kappa shape index (κ3) is 3.46. The number of aromatic hydroxyl groups is 2. The maximum Gasteiger partial charge on any atom is 0.231 e. The third-order valence-corrected chi connectivity index (χ3v) is 3.93. The van der Waals surface area contributed by atoms with Crippen molar-refractivity contribution in [3.63, 3.8) is 0 Å². The smallest absolute Gasteiger partial charge is 0.231 e. The molecule has 0 atom stereocenters. The van der Waals surface area contributed by atoms with Gasteiger partial charge in [0.1, 0.15) is 10.8 Å². The summed E-state index contributed by atoms with van der Waals surface area (Å²) in [6, 6.07) is 12.0. The van der Waals surface area contributed by atoms with Crippen LogP contribution in [0.15, 0.2) is 47.5 Å². The van der Waals surface area contributed by atoms with Gasteiger partial charge >= 0.3 is 0 Å². The molecule has 0 radical (unpaired) electrons. The van der Waals surface area contributed by atoms with Gasteiger partial charge in [0.15, 0.2) is 11.5 Å². The van der Waals surface area contributed by atoms with Crippen LogP contribution in [-0.4, -0.2) is 33.7 Å². The molecule has 0 fully saturated rings. The molecule has 0 unspecified atom stereocenters. The van der Waals surface area contributed by atoms with Gasteiger partial charge in [0, 0.05) is 11.8 Å². The van der Waals surface area contributed by atoms with Gasteiger partial charge in [-0.1, -0.05) is 23.5 Å². The Balaban J connectivity index is 1.81. The maximum absolute atomic E-state index is 9.53. The van der Waals surface area contributed by atoms with E-state index in [0.717, 1.165) is 11.3 Å². The van der Waals surface area contributed by atoms with E-state index >= 15 is 0 Å². The van der Waals surface area contributed by atoms with Crippen LogP contribution in [0, 0.1) is 0 Å². The Morgan fingerprint density at radius 2 is 1.96 bits per heavy atom. The Labute approximate surface area is 136 Å². The zero-order valence-electron chi connectivity index (χ0n) is 12.2. The van der Waals surface area contributed by atoms with Crippen LogP contribution in [-0.2, 0) is 0 Å². The van der Waals surface area contributed by atoms with Gasteiger partial charge in [-0.3, -0.25) is 0 Å². The first-order valence-electron chi connectivity index (χ1n) is 6.69. The summed E-state index contributed by atoms with van der Waals surface area (Å²) in [4.78, 5) is 4.29. The molecule has 6 nitrogen and oxygen atoms in total. The van der Waals surface area contributed by atoms with E-state index in [9.17, 15) is 10.2 Å². The molecule has 3 rings (SSSR count). The largest absolute Gasteiger partial charge is 0.504 e. The molecule has 1 aromatic heterocycles. The average Bonchev–Trinajstić information content (AvgIpc) is 3.05. The Morgan fingerprint density at radius 1 is 1.09 bits per heavy atom. The number of ether oxygens (including phenoxy) is 1. The summed E-state index contributed by atoms with van der Waals surface area (Å²) in [5.41, 5.74) is 1.56. The molecular formula is C16H13N3O3S. The van der Waals surface area contributed by atoms with E-state index in [0.29, 0.717) is 15.7 Å². The summed E-state index contributed by atoms with van der Waals surface area (Å²) in [6.07, 6.45) is 1.68. The summed E-state index contributed by atoms with van der Waals surface area (Å²) >= 11 is 1.29. The highest BCUT2D eigenvalue weighted by Gasteiger charge is 2.08. The van der Waals surface area contributed by atoms with Gasteiger partial charge in [-0.25, -0.2) is 4.99 Å². The molecule has 3 aromatic rings. The van der Waals surface area contributed by atoms with Crippen molar-refractivity contribution in [1.82, 2.24) is 10.2 Å². The molecule has 0 aliphatic rings. The number of rotatable bonds is 4. The molecule has 0 aliphatic carbocycles. The summed E-state index contributed by atoms with van der Waals surface area (Å²) in [5, 5.41) is 28.0. The SMILES string of the molecule is COc1cccc(C=Nc2nnc(-c3ccc(O)c(O)c3)s2)c1. The predicted molar refractivity (Wildman–Crippen MR) is 88.9 cm³/mol. The highest BCUT2D eigenvalue weighted by atomic mass is 32.1. The topological polar surface area (TPSA) is 87.8 Å². The van der Waals surface area contributed by atoms with Gasteiger partial charge in [-0.2, -0.15) is 0 Å². The van der Waals surface area contributed by atoms with Crippen LogP contribution in [0.5, 0.6) is 17.2 Å². The minimum absolute atomic E-state index is 0.172. The lowest BCUT2D eigenvalue weighted by atomic mass is 10.2. The van der Waals surface area contributed by atoms with Crippen molar-refractivity contribution in [2.24, 2.45) is 4.99 Å². The molecule has 7 heteroatoms. The average molecular weight is 327 g/mol. The summed E-state index contributed by atoms with van der Waals surface area (Å²) < 4.78 is 5.16. The van der Waals surface area contributed by atoms with Gasteiger partial charge in [0.05, 0.1) is 7.11 Å². The van der Waals surface area contributed by atoms with Crippen LogP contribution in [0.1, 0.15) is 5.56 Å². The number of benzene rings is 2. The van der Waals surface area contributed by atoms with Crippen molar-refractivity contribution in [2.45, 2.75) is 0 Å². The summed E-state index contributed by atoms with van der Waals surface area (Å²) in [6.45, 7) is 0. The predicted octanol–water partition coefficient (Wildman–Crippen LogP) is 3.38. The van der Waals surface area contributed by atoms with E-state index in [1.807, 2.05) is 24.3 Å². The molecule has 0 amide bonds. The summed E-state index contributed by atoms with van der Waals surface area (Å²) in [7, 11) is 1.61. The number of aliphatic imine (C=N–C) groups is 1. The van der Waals surface area contributed by atoms with Crippen LogP contribution in [0.4, 0.5) is 5.13 Å². The van der Waals surface area contributed by atoms with Gasteiger partial charge < -0.3 is 14.9 Å². The zero-order valence-corrected chi connectivity index (χ0v) is 13.0. The molecular weight excluding hydrogens is 314 g/mol. The first kappa shape index (κ1) is 15.0. The van der Waals surface area contributed by atoms with Crippen molar-refractivity contribution in [1.29, 1.82) is 0 Å². The van der Waals surface area contributed by atoms with Crippen molar-refractivity contribution in [3.8, 4) is 27.8 Å². The first-order valence-corrected chi connectivity index (χ1v) is 7.51. The number of phenols is 2. The van der Waals surface area contributed by atoms with Crippen LogP contribution in [0.3, 0.4) is 0 Å². The molecule has 0 saturated carbocycles. The van der Waals surface area contributed by atoms with E-state index in [-0.39, 0.29) is 11.5 Å². The van der Waals surface area contributed by atoms with Crippen molar-refractivity contribution in [3.05, 3.63) is 48.0 Å². The van der Waals surface area contributed by atoms with Crippen molar-refractivity contribution >= 4 is 22.7 Å². The van der Waals surface area contributed by atoms with Gasteiger partial charge in [0.25, 0.3) is 0 Å². The fraction of sp³-hybridized carbons (Fsp3) is 0.0625. The lowest BCUT2D eigenvalue weighted by molar-refractivity contribution is 0.404. The minimum Gasteiger partial charge on any atom is -0.504 e. The number of methoxy groups -OCH3 is 1. The number of phenolic OH excluding ortho intramolecular Hbond substituents is 2. The quantitative estimate of drug-likeness (QED) is 0.566. The third-order valence-electron chi connectivity index (χ3n) is 3.05. The number of aromatic nitrogens is 2. The highest BCUT2D eigenvalue weighted by Crippen LogP contribution is 2.33. The molecule has 2 aromatic carbocycles. The number of hydrogen-bond donors (Lipinski definition) is 2. The van der Waals surface area contributed by atoms with Crippen molar-refractivity contribution in [2.75, 3.05) is 7.11 Å². The fourth-order valence-electron chi connectivity index (χ4n) is 1.89. The van der Waals surface area contributed by atoms with Crippen LogP contribution in [0.25, 0.3) is 10.6 Å². The monoisotopic (exact) mass is 327 g/mol. The Morgan fingerprint density at radius 3 is 2.74 bits per heavy atom. The van der Waals surface area contributed by atoms with Gasteiger partial charge in [-0.15, -0.1) is 10.2 Å². The fourth-order valence-corrected chi connectivity index (χ4v) is 2.58. The summed E-state index contributed by atoms with van der Waals surface area (Å²) in [5.74, 6) is 0.389. The molecule has 0 bridgehead atoms. The molecule has 0 spiro atoms. The lowest BCUT2D eigenvalue weighted by Crippen LogP contribution is -1.85. The molecule has 2 N–H and O–H groups in total. The van der Waals surface area contributed by atoms with E-state index in [2.05, 4.69) is 15.2 Å². The standard InChI is InChI=1S/C16H13N3O3S/c1-22-12-4-2-3-10(7-12)9-17-16-19-18-15(23-16)11-5-6-13(20)14(21)8-11/h2-9,20-21H,1H3. The molecule has 23 heavy (non-hydrogen) atoms. The number of hydrogen-bond acceptors (Lipinski definition) is 7. The second-order valence-electron chi connectivity index (χ2n) is 4.63. The Hall–Kier alpha value is -2.93. The normalized spacial score (nSPS) is 11.0. The second-order valence-corrected chi connectivity index (χ2v) is 5.58. The van der Waals surface area contributed by atoms with Crippen LogP contribution < -0.4 is 4.74 Å². The van der Waals surface area contributed by atoms with Crippen molar-refractivity contribution < 1.29 is 14.9 Å². The second kappa shape index (κ2) is 6.45.